The fourth-order valence-corrected chi connectivity index (χ4v) is 1.90. The van der Waals surface area contributed by atoms with Crippen molar-refractivity contribution in [1.29, 1.82) is 0 Å². The van der Waals surface area contributed by atoms with E-state index in [2.05, 4.69) is 29.5 Å². The second-order valence-corrected chi connectivity index (χ2v) is 3.68. The minimum Gasteiger partial charge on any atom is -0.365 e. The number of alkyl halides is 1. The predicted octanol–water partition coefficient (Wildman–Crippen LogP) is 2.34. The molecule has 0 aromatic carbocycles. The molecular formula is C6H11IO. The van der Waals surface area contributed by atoms with E-state index in [0.717, 1.165) is 0 Å². The average Bonchev–Trinajstić information content (AvgIpc) is 1.64. The molecule has 0 bridgehead atoms. The maximum Gasteiger partial charge on any atom is 0.109 e. The van der Waals surface area contributed by atoms with Crippen molar-refractivity contribution in [2.24, 2.45) is 0 Å². The van der Waals surface area contributed by atoms with E-state index < -0.39 is 0 Å². The molecule has 0 aromatic rings. The molecule has 1 fully saturated rings. The van der Waals surface area contributed by atoms with Gasteiger partial charge in [0, 0.05) is 0 Å². The molecule has 1 heterocycles. The molecule has 0 spiro atoms. The number of ether oxygens (including phenoxy) is 1. The van der Waals surface area contributed by atoms with Gasteiger partial charge in [-0.1, -0.05) is 22.6 Å². The van der Waals surface area contributed by atoms with Crippen LogP contribution in [0.25, 0.3) is 0 Å². The highest BCUT2D eigenvalue weighted by atomic mass is 127. The SMILES string of the molecule is C[C@@H]1CCCC(I)O1. The van der Waals surface area contributed by atoms with Crippen LogP contribution in [0, 0.1) is 0 Å². The zero-order valence-corrected chi connectivity index (χ0v) is 7.22. The minimum absolute atomic E-state index is 0.483. The van der Waals surface area contributed by atoms with E-state index in [1.165, 1.54) is 19.3 Å². The molecule has 1 saturated heterocycles. The molecule has 0 aliphatic carbocycles. The van der Waals surface area contributed by atoms with Crippen LogP contribution in [0.15, 0.2) is 0 Å². The van der Waals surface area contributed by atoms with Crippen LogP contribution in [0.1, 0.15) is 26.2 Å². The Hall–Kier alpha value is 0.690. The second kappa shape index (κ2) is 3.01. The van der Waals surface area contributed by atoms with Crippen LogP contribution in [0.3, 0.4) is 0 Å². The highest BCUT2D eigenvalue weighted by Gasteiger charge is 2.14. The minimum atomic E-state index is 0.483. The topological polar surface area (TPSA) is 9.23 Å². The van der Waals surface area contributed by atoms with E-state index in [1.54, 1.807) is 0 Å². The standard InChI is InChI=1S/C6H11IO/c1-5-3-2-4-6(7)8-5/h5-6H,2-4H2,1H3/t5-,6?/m1/s1. The van der Waals surface area contributed by atoms with Crippen LogP contribution in [0.2, 0.25) is 0 Å². The van der Waals surface area contributed by atoms with Gasteiger partial charge in [-0.3, -0.25) is 0 Å². The zero-order chi connectivity index (χ0) is 5.98. The van der Waals surface area contributed by atoms with Crippen molar-refractivity contribution < 1.29 is 4.74 Å². The molecule has 0 N–H and O–H groups in total. The molecule has 48 valence electrons. The molecule has 2 atom stereocenters. The van der Waals surface area contributed by atoms with Crippen molar-refractivity contribution in [2.45, 2.75) is 36.4 Å². The number of hydrogen-bond donors (Lipinski definition) is 0. The van der Waals surface area contributed by atoms with E-state index in [0.29, 0.717) is 10.2 Å². The maximum absolute atomic E-state index is 5.47. The summed E-state index contributed by atoms with van der Waals surface area (Å²) in [4.78, 5) is 0. The summed E-state index contributed by atoms with van der Waals surface area (Å²) in [6.45, 7) is 2.14. The molecule has 1 rings (SSSR count). The highest BCUT2D eigenvalue weighted by molar-refractivity contribution is 14.1. The van der Waals surface area contributed by atoms with Gasteiger partial charge in [-0.25, -0.2) is 0 Å². The molecule has 1 unspecified atom stereocenters. The van der Waals surface area contributed by atoms with Gasteiger partial charge in [0.1, 0.15) is 4.11 Å². The molecule has 1 nitrogen and oxygen atoms in total. The van der Waals surface area contributed by atoms with Gasteiger partial charge >= 0.3 is 0 Å². The summed E-state index contributed by atoms with van der Waals surface area (Å²) in [5, 5.41) is 0. The van der Waals surface area contributed by atoms with Gasteiger partial charge in [0.05, 0.1) is 6.10 Å². The molecule has 1 aliphatic heterocycles. The first kappa shape index (κ1) is 6.81. The normalized spacial score (nSPS) is 39.8. The van der Waals surface area contributed by atoms with Gasteiger partial charge < -0.3 is 4.74 Å². The third-order valence-electron chi connectivity index (χ3n) is 1.42. The first-order valence-electron chi connectivity index (χ1n) is 3.08. The Morgan fingerprint density at radius 2 is 2.25 bits per heavy atom. The Kier molecular flexibility index (Phi) is 2.56. The highest BCUT2D eigenvalue weighted by Crippen LogP contribution is 2.22. The summed E-state index contributed by atoms with van der Waals surface area (Å²) in [6, 6.07) is 0. The van der Waals surface area contributed by atoms with E-state index in [-0.39, 0.29) is 0 Å². The third kappa shape index (κ3) is 1.90. The summed E-state index contributed by atoms with van der Waals surface area (Å²) in [6.07, 6.45) is 4.34. The van der Waals surface area contributed by atoms with E-state index in [1.807, 2.05) is 0 Å². The predicted molar refractivity (Wildman–Crippen MR) is 42.2 cm³/mol. The Bertz CT molecular complexity index is 66.9. The van der Waals surface area contributed by atoms with Gasteiger partial charge in [0.2, 0.25) is 0 Å². The fraction of sp³-hybridized carbons (Fsp3) is 1.00. The van der Waals surface area contributed by atoms with E-state index >= 15 is 0 Å². The van der Waals surface area contributed by atoms with Crippen LogP contribution in [0.4, 0.5) is 0 Å². The summed E-state index contributed by atoms with van der Waals surface area (Å²) in [7, 11) is 0. The van der Waals surface area contributed by atoms with Gasteiger partial charge in [-0.05, 0) is 26.2 Å². The lowest BCUT2D eigenvalue weighted by molar-refractivity contribution is 0.0170. The van der Waals surface area contributed by atoms with E-state index in [9.17, 15) is 0 Å². The van der Waals surface area contributed by atoms with Crippen LogP contribution in [0.5, 0.6) is 0 Å². The zero-order valence-electron chi connectivity index (χ0n) is 5.06. The van der Waals surface area contributed by atoms with Crippen LogP contribution in [-0.2, 0) is 4.74 Å². The van der Waals surface area contributed by atoms with Gasteiger partial charge in [0.15, 0.2) is 0 Å². The number of hydrogen-bond acceptors (Lipinski definition) is 1. The molecule has 8 heavy (non-hydrogen) atoms. The van der Waals surface area contributed by atoms with Crippen molar-refractivity contribution in [3.63, 3.8) is 0 Å². The van der Waals surface area contributed by atoms with Crippen LogP contribution >= 0.6 is 22.6 Å². The quantitative estimate of drug-likeness (QED) is 0.455. The van der Waals surface area contributed by atoms with Crippen LogP contribution in [-0.4, -0.2) is 10.2 Å². The first-order chi connectivity index (χ1) is 3.79. The Balaban J connectivity index is 2.23. The summed E-state index contributed by atoms with van der Waals surface area (Å²) < 4.78 is 5.96. The first-order valence-corrected chi connectivity index (χ1v) is 4.33. The average molecular weight is 226 g/mol. The monoisotopic (exact) mass is 226 g/mol. The smallest absolute Gasteiger partial charge is 0.109 e. The lowest BCUT2D eigenvalue weighted by Crippen LogP contribution is -2.20. The fourth-order valence-electron chi connectivity index (χ4n) is 0.954. The Morgan fingerprint density at radius 3 is 2.62 bits per heavy atom. The van der Waals surface area contributed by atoms with Crippen molar-refractivity contribution in [1.82, 2.24) is 0 Å². The molecule has 0 saturated carbocycles. The molecular weight excluding hydrogens is 215 g/mol. The van der Waals surface area contributed by atoms with Crippen molar-refractivity contribution in [3.8, 4) is 0 Å². The second-order valence-electron chi connectivity index (χ2n) is 2.29. The van der Waals surface area contributed by atoms with Gasteiger partial charge in [0.25, 0.3) is 0 Å². The Morgan fingerprint density at radius 1 is 1.50 bits per heavy atom. The molecule has 0 radical (unpaired) electrons. The molecule has 0 amide bonds. The largest absolute Gasteiger partial charge is 0.365 e. The number of halogens is 1. The summed E-state index contributed by atoms with van der Waals surface area (Å²) >= 11 is 2.35. The van der Waals surface area contributed by atoms with Crippen LogP contribution < -0.4 is 0 Å². The maximum atomic E-state index is 5.47. The summed E-state index contributed by atoms with van der Waals surface area (Å²) in [5.41, 5.74) is 0. The molecule has 1 aliphatic rings. The number of rotatable bonds is 0. The molecule has 2 heteroatoms. The Labute approximate surface area is 63.9 Å². The third-order valence-corrected chi connectivity index (χ3v) is 2.34. The lowest BCUT2D eigenvalue weighted by Gasteiger charge is -2.23. The molecule has 0 aromatic heterocycles. The summed E-state index contributed by atoms with van der Waals surface area (Å²) in [5.74, 6) is 0. The van der Waals surface area contributed by atoms with Gasteiger partial charge in [-0.15, -0.1) is 0 Å². The van der Waals surface area contributed by atoms with E-state index in [4.69, 9.17) is 4.74 Å². The lowest BCUT2D eigenvalue weighted by atomic mass is 10.1. The van der Waals surface area contributed by atoms with Crippen molar-refractivity contribution in [2.75, 3.05) is 0 Å². The van der Waals surface area contributed by atoms with Crippen molar-refractivity contribution >= 4 is 22.6 Å². The van der Waals surface area contributed by atoms with Gasteiger partial charge in [-0.2, -0.15) is 0 Å². The van der Waals surface area contributed by atoms with Crippen molar-refractivity contribution in [3.05, 3.63) is 0 Å².